The monoisotopic (exact) mass is 304 g/mol. The van der Waals surface area contributed by atoms with Crippen LogP contribution in [0.2, 0.25) is 0 Å². The Kier molecular flexibility index (Phi) is 3.78. The highest BCUT2D eigenvalue weighted by Gasteiger charge is 2.48. The van der Waals surface area contributed by atoms with Crippen molar-refractivity contribution in [3.05, 3.63) is 23.3 Å². The van der Waals surface area contributed by atoms with Gasteiger partial charge >= 0.3 is 12.1 Å². The largest absolute Gasteiger partial charge is 0.493 e. The van der Waals surface area contributed by atoms with E-state index in [9.17, 15) is 18.0 Å². The number of alkyl halides is 3. The maximum Gasteiger partial charge on any atom is 0.420 e. The van der Waals surface area contributed by atoms with Crippen molar-refractivity contribution in [1.82, 2.24) is 0 Å². The van der Waals surface area contributed by atoms with Gasteiger partial charge in [0.25, 0.3) is 0 Å². The summed E-state index contributed by atoms with van der Waals surface area (Å²) in [7, 11) is 2.38. The van der Waals surface area contributed by atoms with Crippen molar-refractivity contribution in [2.24, 2.45) is 0 Å². The number of hydrogen-bond acceptors (Lipinski definition) is 3. The van der Waals surface area contributed by atoms with Crippen molar-refractivity contribution >= 4 is 5.97 Å². The number of carboxylic acids is 1. The normalized spacial score (nSPS) is 16.4. The molecule has 1 aliphatic rings. The van der Waals surface area contributed by atoms with E-state index in [2.05, 4.69) is 0 Å². The molecular formula is C14H15F3O4. The van der Waals surface area contributed by atoms with E-state index >= 15 is 0 Å². The Hall–Kier alpha value is -1.92. The van der Waals surface area contributed by atoms with E-state index in [1.807, 2.05) is 0 Å². The molecule has 0 saturated heterocycles. The molecule has 0 amide bonds. The summed E-state index contributed by atoms with van der Waals surface area (Å²) < 4.78 is 49.2. The molecule has 1 fully saturated rings. The molecule has 1 N–H and O–H groups in total. The van der Waals surface area contributed by atoms with Gasteiger partial charge in [-0.2, -0.15) is 13.2 Å². The quantitative estimate of drug-likeness (QED) is 0.907. The van der Waals surface area contributed by atoms with Crippen LogP contribution in [0.1, 0.15) is 30.4 Å². The number of carboxylic acid groups (broad SMARTS) is 1. The molecule has 1 aromatic carbocycles. The van der Waals surface area contributed by atoms with E-state index in [4.69, 9.17) is 14.6 Å². The van der Waals surface area contributed by atoms with Gasteiger partial charge in [-0.1, -0.05) is 0 Å². The predicted molar refractivity (Wildman–Crippen MR) is 67.7 cm³/mol. The molecular weight excluding hydrogens is 289 g/mol. The lowest BCUT2D eigenvalue weighted by Gasteiger charge is -2.20. The van der Waals surface area contributed by atoms with E-state index in [-0.39, 0.29) is 17.9 Å². The highest BCUT2D eigenvalue weighted by molar-refractivity contribution is 5.70. The van der Waals surface area contributed by atoms with Gasteiger partial charge in [-0.25, -0.2) is 0 Å². The van der Waals surface area contributed by atoms with E-state index in [0.29, 0.717) is 18.4 Å². The number of carbonyl (C=O) groups is 1. The summed E-state index contributed by atoms with van der Waals surface area (Å²) in [5.41, 5.74) is -1.35. The number of ether oxygens (including phenoxy) is 2. The zero-order chi connectivity index (χ0) is 15.8. The smallest absolute Gasteiger partial charge is 0.420 e. The lowest BCUT2D eigenvalue weighted by atomic mass is 9.90. The predicted octanol–water partition coefficient (Wildman–Crippen LogP) is 3.23. The zero-order valence-corrected chi connectivity index (χ0v) is 11.6. The van der Waals surface area contributed by atoms with E-state index in [0.717, 1.165) is 13.2 Å². The van der Waals surface area contributed by atoms with Crippen molar-refractivity contribution in [3.8, 4) is 11.5 Å². The molecule has 7 heteroatoms. The van der Waals surface area contributed by atoms with Gasteiger partial charge in [0.15, 0.2) is 11.5 Å². The summed E-state index contributed by atoms with van der Waals surface area (Å²) in [6, 6.07) is 2.40. The zero-order valence-electron chi connectivity index (χ0n) is 11.6. The lowest BCUT2D eigenvalue weighted by molar-refractivity contribution is -0.139. The average Bonchev–Trinajstić information content (AvgIpc) is 3.15. The highest BCUT2D eigenvalue weighted by atomic mass is 19.4. The summed E-state index contributed by atoms with van der Waals surface area (Å²) in [6.07, 6.45) is -3.70. The minimum absolute atomic E-state index is 0.0426. The van der Waals surface area contributed by atoms with Gasteiger partial charge in [-0.15, -0.1) is 0 Å². The molecule has 0 radical (unpaired) electrons. The summed E-state index contributed by atoms with van der Waals surface area (Å²) >= 11 is 0. The summed E-state index contributed by atoms with van der Waals surface area (Å²) in [6.45, 7) is 0. The Labute approximate surface area is 119 Å². The molecule has 0 heterocycles. The summed E-state index contributed by atoms with van der Waals surface area (Å²) in [4.78, 5) is 10.9. The van der Waals surface area contributed by atoms with Crippen LogP contribution in [0.5, 0.6) is 11.5 Å². The third-order valence-electron chi connectivity index (χ3n) is 3.74. The Morgan fingerprint density at radius 1 is 1.29 bits per heavy atom. The maximum atomic E-state index is 13.2. The maximum absolute atomic E-state index is 13.2. The molecule has 116 valence electrons. The number of aliphatic carboxylic acids is 1. The fraction of sp³-hybridized carbons (Fsp3) is 0.500. The van der Waals surface area contributed by atoms with Crippen molar-refractivity contribution in [2.75, 3.05) is 14.2 Å². The minimum atomic E-state index is -4.60. The fourth-order valence-electron chi connectivity index (χ4n) is 2.49. The first-order valence-corrected chi connectivity index (χ1v) is 6.29. The van der Waals surface area contributed by atoms with Crippen molar-refractivity contribution in [2.45, 2.75) is 30.9 Å². The molecule has 2 rings (SSSR count). The van der Waals surface area contributed by atoms with Crippen LogP contribution in [-0.4, -0.2) is 25.3 Å². The van der Waals surface area contributed by atoms with Crippen LogP contribution in [0.25, 0.3) is 0 Å². The lowest BCUT2D eigenvalue weighted by Crippen LogP contribution is -2.16. The standard InChI is InChI=1S/C14H15F3O4/c1-20-10-6-8(13(3-4-13)7-11(18)19)5-9(12(10)21-2)14(15,16)17/h5-6H,3-4,7H2,1-2H3,(H,18,19). The number of benzene rings is 1. The Morgan fingerprint density at radius 2 is 1.90 bits per heavy atom. The number of hydrogen-bond donors (Lipinski definition) is 1. The van der Waals surface area contributed by atoms with Gasteiger partial charge < -0.3 is 14.6 Å². The molecule has 0 spiro atoms. The van der Waals surface area contributed by atoms with Crippen LogP contribution in [0.15, 0.2) is 12.1 Å². The van der Waals surface area contributed by atoms with E-state index in [1.165, 1.54) is 13.2 Å². The number of methoxy groups -OCH3 is 2. The summed E-state index contributed by atoms with van der Waals surface area (Å²) in [5, 5.41) is 8.93. The second-order valence-electron chi connectivity index (χ2n) is 5.11. The van der Waals surface area contributed by atoms with Crippen molar-refractivity contribution < 1.29 is 32.5 Å². The second kappa shape index (κ2) is 5.13. The molecule has 21 heavy (non-hydrogen) atoms. The van der Waals surface area contributed by atoms with Gasteiger partial charge in [0.1, 0.15) is 5.56 Å². The van der Waals surface area contributed by atoms with E-state index in [1.54, 1.807) is 0 Å². The molecule has 0 bridgehead atoms. The van der Waals surface area contributed by atoms with Crippen molar-refractivity contribution in [3.63, 3.8) is 0 Å². The van der Waals surface area contributed by atoms with Crippen LogP contribution in [0.4, 0.5) is 13.2 Å². The number of halogens is 3. The van der Waals surface area contributed by atoms with Crippen LogP contribution >= 0.6 is 0 Å². The SMILES string of the molecule is COc1cc(C2(CC(=O)O)CC2)cc(C(F)(F)F)c1OC. The average molecular weight is 304 g/mol. The van der Waals surface area contributed by atoms with E-state index < -0.39 is 23.1 Å². The number of rotatable bonds is 5. The molecule has 0 atom stereocenters. The highest BCUT2D eigenvalue weighted by Crippen LogP contribution is 2.54. The van der Waals surface area contributed by atoms with Crippen LogP contribution in [0, 0.1) is 0 Å². The first-order chi connectivity index (χ1) is 9.73. The first-order valence-electron chi connectivity index (χ1n) is 6.29. The van der Waals surface area contributed by atoms with Gasteiger partial charge in [-0.05, 0) is 30.5 Å². The first kappa shape index (κ1) is 15.5. The Balaban J connectivity index is 2.57. The molecule has 4 nitrogen and oxygen atoms in total. The van der Waals surface area contributed by atoms with Gasteiger partial charge in [0.2, 0.25) is 0 Å². The van der Waals surface area contributed by atoms with Crippen LogP contribution < -0.4 is 9.47 Å². The van der Waals surface area contributed by atoms with Crippen molar-refractivity contribution in [1.29, 1.82) is 0 Å². The molecule has 0 aliphatic heterocycles. The molecule has 0 unspecified atom stereocenters. The third-order valence-corrected chi connectivity index (χ3v) is 3.74. The third kappa shape index (κ3) is 2.91. The molecule has 1 aliphatic carbocycles. The molecule has 0 aromatic heterocycles. The van der Waals surface area contributed by atoms with Crippen LogP contribution in [0.3, 0.4) is 0 Å². The minimum Gasteiger partial charge on any atom is -0.493 e. The summed E-state index contributed by atoms with van der Waals surface area (Å²) in [5.74, 6) is -1.46. The van der Waals surface area contributed by atoms with Gasteiger partial charge in [0, 0.05) is 5.41 Å². The Bertz CT molecular complexity index is 562. The van der Waals surface area contributed by atoms with Crippen LogP contribution in [-0.2, 0) is 16.4 Å². The van der Waals surface area contributed by atoms with Gasteiger partial charge in [0.05, 0.1) is 20.6 Å². The molecule has 1 aromatic rings. The fourth-order valence-corrected chi connectivity index (χ4v) is 2.49. The topological polar surface area (TPSA) is 55.8 Å². The Morgan fingerprint density at radius 3 is 2.29 bits per heavy atom. The second-order valence-corrected chi connectivity index (χ2v) is 5.11. The molecule has 1 saturated carbocycles. The van der Waals surface area contributed by atoms with Gasteiger partial charge in [-0.3, -0.25) is 4.79 Å².